The SMILES string of the molecule is CNc1nc(=O)n(-c2cccnc2C)c2c3cc(Cl)ccc3n(CCO)c12. The minimum Gasteiger partial charge on any atom is -0.395 e. The van der Waals surface area contributed by atoms with E-state index < -0.39 is 5.69 Å². The van der Waals surface area contributed by atoms with E-state index in [1.807, 2.05) is 29.7 Å². The Labute approximate surface area is 159 Å². The Morgan fingerprint density at radius 3 is 2.78 bits per heavy atom. The number of hydrogen-bond donors (Lipinski definition) is 2. The number of hydrogen-bond acceptors (Lipinski definition) is 5. The molecule has 2 N–H and O–H groups in total. The molecule has 0 spiro atoms. The summed E-state index contributed by atoms with van der Waals surface area (Å²) < 4.78 is 3.51. The third-order valence-electron chi connectivity index (χ3n) is 4.63. The standard InChI is InChI=1S/C19H18ClN5O2/c1-11-14(4-3-7-22-11)25-16-13-10-12(20)5-6-15(13)24(8-9-26)17(16)18(21-2)23-19(25)27/h3-7,10,26H,8-9H2,1-2H3,(H,21,23,27). The molecule has 0 unspecified atom stereocenters. The van der Waals surface area contributed by atoms with Crippen LogP contribution in [0, 0.1) is 6.92 Å². The lowest BCUT2D eigenvalue weighted by Gasteiger charge is -2.13. The van der Waals surface area contributed by atoms with Gasteiger partial charge in [-0.15, -0.1) is 0 Å². The van der Waals surface area contributed by atoms with E-state index in [0.29, 0.717) is 34.3 Å². The van der Waals surface area contributed by atoms with Crippen LogP contribution < -0.4 is 11.0 Å². The number of benzene rings is 1. The molecule has 7 nitrogen and oxygen atoms in total. The first-order valence-electron chi connectivity index (χ1n) is 8.52. The van der Waals surface area contributed by atoms with E-state index in [9.17, 15) is 9.90 Å². The van der Waals surface area contributed by atoms with Gasteiger partial charge in [-0.1, -0.05) is 11.6 Å². The van der Waals surface area contributed by atoms with Crippen LogP contribution in [0.4, 0.5) is 5.82 Å². The van der Waals surface area contributed by atoms with Crippen LogP contribution in [0.3, 0.4) is 0 Å². The van der Waals surface area contributed by atoms with Crippen molar-refractivity contribution in [1.82, 2.24) is 19.1 Å². The van der Waals surface area contributed by atoms with E-state index >= 15 is 0 Å². The Kier molecular flexibility index (Phi) is 4.33. The number of aliphatic hydroxyl groups is 1. The second kappa shape index (κ2) is 6.68. The van der Waals surface area contributed by atoms with Crippen LogP contribution in [0.15, 0.2) is 41.3 Å². The Morgan fingerprint density at radius 2 is 2.07 bits per heavy atom. The summed E-state index contributed by atoms with van der Waals surface area (Å²) in [4.78, 5) is 21.5. The van der Waals surface area contributed by atoms with Crippen molar-refractivity contribution in [1.29, 1.82) is 0 Å². The minimum atomic E-state index is -0.411. The van der Waals surface area contributed by atoms with Crippen molar-refractivity contribution >= 4 is 39.4 Å². The van der Waals surface area contributed by atoms with Crippen molar-refractivity contribution in [3.8, 4) is 5.69 Å². The molecular weight excluding hydrogens is 366 g/mol. The molecule has 3 heterocycles. The monoisotopic (exact) mass is 383 g/mol. The molecule has 0 bridgehead atoms. The van der Waals surface area contributed by atoms with Gasteiger partial charge in [-0.2, -0.15) is 4.98 Å². The van der Waals surface area contributed by atoms with Crippen molar-refractivity contribution in [2.45, 2.75) is 13.5 Å². The average Bonchev–Trinajstić information content (AvgIpc) is 2.96. The lowest BCUT2D eigenvalue weighted by atomic mass is 10.2. The molecule has 27 heavy (non-hydrogen) atoms. The first kappa shape index (κ1) is 17.5. The Morgan fingerprint density at radius 1 is 1.26 bits per heavy atom. The number of pyridine rings is 1. The molecule has 0 radical (unpaired) electrons. The molecule has 4 rings (SSSR count). The van der Waals surface area contributed by atoms with Crippen LogP contribution in [-0.2, 0) is 6.54 Å². The molecule has 3 aromatic heterocycles. The van der Waals surface area contributed by atoms with Crippen LogP contribution >= 0.6 is 11.6 Å². The van der Waals surface area contributed by atoms with Crippen LogP contribution in [0.25, 0.3) is 27.6 Å². The number of anilines is 1. The summed E-state index contributed by atoms with van der Waals surface area (Å²) in [6.45, 7) is 2.16. The third kappa shape index (κ3) is 2.67. The zero-order valence-corrected chi connectivity index (χ0v) is 15.7. The molecule has 0 atom stereocenters. The molecule has 0 fully saturated rings. The first-order valence-corrected chi connectivity index (χ1v) is 8.89. The summed E-state index contributed by atoms with van der Waals surface area (Å²) in [7, 11) is 1.72. The van der Waals surface area contributed by atoms with Crippen LogP contribution in [0.1, 0.15) is 5.69 Å². The van der Waals surface area contributed by atoms with Gasteiger partial charge in [0.25, 0.3) is 0 Å². The smallest absolute Gasteiger partial charge is 0.354 e. The lowest BCUT2D eigenvalue weighted by Crippen LogP contribution is -2.24. The van der Waals surface area contributed by atoms with Gasteiger partial charge in [0.1, 0.15) is 5.52 Å². The fourth-order valence-corrected chi connectivity index (χ4v) is 3.68. The van der Waals surface area contributed by atoms with E-state index in [0.717, 1.165) is 16.4 Å². The topological polar surface area (TPSA) is 85.0 Å². The summed E-state index contributed by atoms with van der Waals surface area (Å²) in [5, 5.41) is 14.0. The molecule has 4 aromatic rings. The zero-order chi connectivity index (χ0) is 19.1. The number of nitrogens with one attached hydrogen (secondary N) is 1. The molecule has 0 aliphatic carbocycles. The van der Waals surface area contributed by atoms with Crippen molar-refractivity contribution < 1.29 is 5.11 Å². The maximum atomic E-state index is 13.0. The summed E-state index contributed by atoms with van der Waals surface area (Å²) in [6, 6.07) is 9.13. The van der Waals surface area contributed by atoms with Gasteiger partial charge in [-0.05, 0) is 37.3 Å². The highest BCUT2D eigenvalue weighted by atomic mass is 35.5. The lowest BCUT2D eigenvalue weighted by molar-refractivity contribution is 0.280. The molecular formula is C19H18ClN5O2. The van der Waals surface area contributed by atoms with Gasteiger partial charge >= 0.3 is 5.69 Å². The van der Waals surface area contributed by atoms with Gasteiger partial charge in [0.15, 0.2) is 5.82 Å². The second-order valence-electron chi connectivity index (χ2n) is 6.17. The van der Waals surface area contributed by atoms with E-state index in [-0.39, 0.29) is 6.61 Å². The fraction of sp³-hybridized carbons (Fsp3) is 0.211. The van der Waals surface area contributed by atoms with Gasteiger partial charge in [-0.3, -0.25) is 9.55 Å². The van der Waals surface area contributed by atoms with Crippen molar-refractivity contribution in [2.24, 2.45) is 0 Å². The molecule has 0 aliphatic heterocycles. The van der Waals surface area contributed by atoms with Crippen LogP contribution in [0.2, 0.25) is 5.02 Å². The van der Waals surface area contributed by atoms with Gasteiger partial charge < -0.3 is 15.0 Å². The normalized spacial score (nSPS) is 11.4. The molecule has 138 valence electrons. The highest BCUT2D eigenvalue weighted by molar-refractivity contribution is 6.31. The van der Waals surface area contributed by atoms with Crippen LogP contribution in [0.5, 0.6) is 0 Å². The minimum absolute atomic E-state index is 0.0459. The predicted molar refractivity (Wildman–Crippen MR) is 107 cm³/mol. The van der Waals surface area contributed by atoms with Gasteiger partial charge in [0, 0.05) is 30.2 Å². The Bertz CT molecular complexity index is 1230. The highest BCUT2D eigenvalue weighted by Crippen LogP contribution is 2.34. The zero-order valence-electron chi connectivity index (χ0n) is 14.9. The summed E-state index contributed by atoms with van der Waals surface area (Å²) in [6.07, 6.45) is 1.68. The number of aryl methyl sites for hydroxylation is 1. The molecule has 1 aromatic carbocycles. The summed E-state index contributed by atoms with van der Waals surface area (Å²) in [5.41, 5.74) is 3.23. The van der Waals surface area contributed by atoms with Crippen molar-refractivity contribution in [3.05, 3.63) is 57.7 Å². The number of rotatable bonds is 4. The number of nitrogens with zero attached hydrogens (tertiary/aromatic N) is 4. The quantitative estimate of drug-likeness (QED) is 0.566. The van der Waals surface area contributed by atoms with Crippen molar-refractivity contribution in [3.63, 3.8) is 0 Å². The molecule has 0 saturated heterocycles. The van der Waals surface area contributed by atoms with E-state index in [4.69, 9.17) is 11.6 Å². The summed E-state index contributed by atoms with van der Waals surface area (Å²) in [5.74, 6) is 0.452. The van der Waals surface area contributed by atoms with E-state index in [2.05, 4.69) is 15.3 Å². The number of aliphatic hydroxyl groups excluding tert-OH is 1. The largest absolute Gasteiger partial charge is 0.395 e. The molecule has 0 saturated carbocycles. The summed E-state index contributed by atoms with van der Waals surface area (Å²) >= 11 is 6.26. The average molecular weight is 384 g/mol. The van der Waals surface area contributed by atoms with E-state index in [1.165, 1.54) is 0 Å². The molecule has 0 aliphatic rings. The number of halogens is 1. The predicted octanol–water partition coefficient (Wildman–Crippen LogP) is 2.73. The third-order valence-corrected chi connectivity index (χ3v) is 4.86. The Hall–Kier alpha value is -2.90. The number of aromatic nitrogens is 4. The molecule has 8 heteroatoms. The second-order valence-corrected chi connectivity index (χ2v) is 6.61. The van der Waals surface area contributed by atoms with Gasteiger partial charge in [0.05, 0.1) is 29.0 Å². The molecule has 0 amide bonds. The van der Waals surface area contributed by atoms with Crippen molar-refractivity contribution in [2.75, 3.05) is 19.0 Å². The van der Waals surface area contributed by atoms with E-state index in [1.54, 1.807) is 29.9 Å². The van der Waals surface area contributed by atoms with Gasteiger partial charge in [0.2, 0.25) is 0 Å². The maximum absolute atomic E-state index is 13.0. The number of fused-ring (bicyclic) bond motifs is 3. The first-order chi connectivity index (χ1) is 13.1. The highest BCUT2D eigenvalue weighted by Gasteiger charge is 2.21. The fourth-order valence-electron chi connectivity index (χ4n) is 3.51. The maximum Gasteiger partial charge on any atom is 0.354 e. The van der Waals surface area contributed by atoms with Crippen LogP contribution in [-0.4, -0.2) is 37.9 Å². The Balaban J connectivity index is 2.30. The van der Waals surface area contributed by atoms with Gasteiger partial charge in [-0.25, -0.2) is 4.79 Å².